The Morgan fingerprint density at radius 3 is 2.46 bits per heavy atom. The minimum atomic E-state index is -0.321. The van der Waals surface area contributed by atoms with Crippen LogP contribution in [0.4, 0.5) is 5.13 Å². The molecule has 140 valence electrons. The number of thiazole rings is 1. The van der Waals surface area contributed by atoms with Gasteiger partial charge < -0.3 is 4.74 Å². The van der Waals surface area contributed by atoms with E-state index in [0.717, 1.165) is 17.0 Å². The standard InChI is InChI=1S/C19H16N6O2S/c1-10-6-12(13-7-11(2)23-9-15(13)27-3)14(8-22-10)17(26)25-19-24-16-18(28-19)21-5-4-20-16/h4-9H,1-3H3,(H,20,24,25,26). The van der Waals surface area contributed by atoms with Crippen molar-refractivity contribution in [2.45, 2.75) is 13.8 Å². The zero-order valence-electron chi connectivity index (χ0n) is 15.4. The van der Waals surface area contributed by atoms with Crippen LogP contribution in [0.15, 0.2) is 36.9 Å². The van der Waals surface area contributed by atoms with Gasteiger partial charge in [0, 0.05) is 41.1 Å². The lowest BCUT2D eigenvalue weighted by Crippen LogP contribution is -2.14. The summed E-state index contributed by atoms with van der Waals surface area (Å²) in [6, 6.07) is 3.74. The van der Waals surface area contributed by atoms with Crippen molar-refractivity contribution < 1.29 is 9.53 Å². The van der Waals surface area contributed by atoms with Crippen molar-refractivity contribution in [1.82, 2.24) is 24.9 Å². The van der Waals surface area contributed by atoms with Crippen LogP contribution >= 0.6 is 11.3 Å². The van der Waals surface area contributed by atoms with Crippen molar-refractivity contribution in [3.05, 3.63) is 53.9 Å². The number of anilines is 1. The van der Waals surface area contributed by atoms with Gasteiger partial charge in [0.15, 0.2) is 15.6 Å². The summed E-state index contributed by atoms with van der Waals surface area (Å²) in [5, 5.41) is 3.25. The molecular formula is C19H16N6O2S. The summed E-state index contributed by atoms with van der Waals surface area (Å²) in [5.41, 5.74) is 4.01. The van der Waals surface area contributed by atoms with Crippen molar-refractivity contribution in [2.75, 3.05) is 12.4 Å². The Bertz CT molecular complexity index is 1160. The van der Waals surface area contributed by atoms with E-state index in [1.54, 1.807) is 31.9 Å². The number of rotatable bonds is 4. The molecule has 0 unspecified atom stereocenters. The molecular weight excluding hydrogens is 376 g/mol. The minimum Gasteiger partial charge on any atom is -0.494 e. The van der Waals surface area contributed by atoms with Crippen molar-refractivity contribution in [3.63, 3.8) is 0 Å². The number of pyridine rings is 2. The Labute approximate surface area is 164 Å². The summed E-state index contributed by atoms with van der Waals surface area (Å²) >= 11 is 1.26. The van der Waals surface area contributed by atoms with Crippen LogP contribution in [0, 0.1) is 13.8 Å². The Kier molecular flexibility index (Phi) is 4.66. The highest BCUT2D eigenvalue weighted by molar-refractivity contribution is 7.21. The van der Waals surface area contributed by atoms with E-state index in [2.05, 4.69) is 30.2 Å². The molecule has 0 atom stereocenters. The van der Waals surface area contributed by atoms with Gasteiger partial charge in [0.2, 0.25) is 0 Å². The van der Waals surface area contributed by atoms with Crippen molar-refractivity contribution in [2.24, 2.45) is 0 Å². The van der Waals surface area contributed by atoms with Gasteiger partial charge in [-0.25, -0.2) is 9.97 Å². The molecule has 8 nitrogen and oxygen atoms in total. The fourth-order valence-electron chi connectivity index (χ4n) is 2.78. The van der Waals surface area contributed by atoms with Crippen LogP contribution in [0.5, 0.6) is 5.75 Å². The van der Waals surface area contributed by atoms with Gasteiger partial charge in [0.05, 0.1) is 18.9 Å². The number of carbonyl (C=O) groups excluding carboxylic acids is 1. The predicted molar refractivity (Wildman–Crippen MR) is 107 cm³/mol. The van der Waals surface area contributed by atoms with Crippen LogP contribution in [0.3, 0.4) is 0 Å². The second-order valence-corrected chi connectivity index (χ2v) is 7.03. The molecule has 0 aliphatic carbocycles. The first-order valence-electron chi connectivity index (χ1n) is 8.41. The molecule has 0 saturated carbocycles. The summed E-state index contributed by atoms with van der Waals surface area (Å²) in [7, 11) is 1.57. The molecule has 1 amide bonds. The highest BCUT2D eigenvalue weighted by Crippen LogP contribution is 2.33. The Morgan fingerprint density at radius 2 is 1.71 bits per heavy atom. The highest BCUT2D eigenvalue weighted by Gasteiger charge is 2.19. The van der Waals surface area contributed by atoms with Crippen molar-refractivity contribution in [3.8, 4) is 16.9 Å². The quantitative estimate of drug-likeness (QED) is 0.567. The minimum absolute atomic E-state index is 0.321. The molecule has 9 heteroatoms. The summed E-state index contributed by atoms with van der Waals surface area (Å²) in [6.45, 7) is 3.76. The molecule has 4 aromatic rings. The fraction of sp³-hybridized carbons (Fsp3) is 0.158. The van der Waals surface area contributed by atoms with E-state index in [1.807, 2.05) is 26.0 Å². The largest absolute Gasteiger partial charge is 0.494 e. The summed E-state index contributed by atoms with van der Waals surface area (Å²) < 4.78 is 5.45. The lowest BCUT2D eigenvalue weighted by Gasteiger charge is -2.13. The second-order valence-electron chi connectivity index (χ2n) is 6.06. The van der Waals surface area contributed by atoms with Crippen LogP contribution in [-0.2, 0) is 0 Å². The maximum atomic E-state index is 13.0. The number of hydrogen-bond donors (Lipinski definition) is 1. The van der Waals surface area contributed by atoms with Gasteiger partial charge in [-0.2, -0.15) is 4.98 Å². The number of amides is 1. The molecule has 0 aliphatic rings. The number of methoxy groups -OCH3 is 1. The van der Waals surface area contributed by atoms with Gasteiger partial charge in [-0.05, 0) is 26.0 Å². The third-order valence-corrected chi connectivity index (χ3v) is 4.94. The molecule has 0 saturated heterocycles. The zero-order chi connectivity index (χ0) is 19.7. The van der Waals surface area contributed by atoms with E-state index >= 15 is 0 Å². The van der Waals surface area contributed by atoms with Crippen LogP contribution < -0.4 is 10.1 Å². The van der Waals surface area contributed by atoms with Gasteiger partial charge in [-0.1, -0.05) is 11.3 Å². The van der Waals surface area contributed by atoms with Crippen LogP contribution in [0.2, 0.25) is 0 Å². The Morgan fingerprint density at radius 1 is 1.00 bits per heavy atom. The van der Waals surface area contributed by atoms with E-state index in [9.17, 15) is 4.79 Å². The average molecular weight is 392 g/mol. The van der Waals surface area contributed by atoms with E-state index in [-0.39, 0.29) is 5.91 Å². The molecule has 4 rings (SSSR count). The lowest BCUT2D eigenvalue weighted by molar-refractivity contribution is 0.102. The predicted octanol–water partition coefficient (Wildman–Crippen LogP) is 3.42. The van der Waals surface area contributed by atoms with Gasteiger partial charge in [0.25, 0.3) is 5.91 Å². The molecule has 1 N–H and O–H groups in total. The monoisotopic (exact) mass is 392 g/mol. The number of nitrogens with zero attached hydrogens (tertiary/aromatic N) is 5. The first kappa shape index (κ1) is 17.9. The van der Waals surface area contributed by atoms with Crippen LogP contribution in [-0.4, -0.2) is 37.9 Å². The third kappa shape index (κ3) is 3.39. The first-order valence-corrected chi connectivity index (χ1v) is 9.23. The molecule has 0 aromatic carbocycles. The topological polar surface area (TPSA) is 103 Å². The molecule has 0 aliphatic heterocycles. The number of ether oxygens (including phenoxy) is 1. The fourth-order valence-corrected chi connectivity index (χ4v) is 3.54. The van der Waals surface area contributed by atoms with Crippen molar-refractivity contribution in [1.29, 1.82) is 0 Å². The molecule has 4 aromatic heterocycles. The summed E-state index contributed by atoms with van der Waals surface area (Å²) in [5.74, 6) is 0.261. The van der Waals surface area contributed by atoms with E-state index in [0.29, 0.717) is 32.5 Å². The van der Waals surface area contributed by atoms with Crippen molar-refractivity contribution >= 4 is 32.9 Å². The average Bonchev–Trinajstić information content (AvgIpc) is 3.10. The Hall–Kier alpha value is -3.46. The molecule has 28 heavy (non-hydrogen) atoms. The molecule has 0 spiro atoms. The SMILES string of the molecule is COc1cnc(C)cc1-c1cc(C)ncc1C(=O)Nc1nc2nccnc2s1. The van der Waals surface area contributed by atoms with Gasteiger partial charge in [-0.3, -0.25) is 20.1 Å². The number of nitrogens with one attached hydrogen (secondary N) is 1. The lowest BCUT2D eigenvalue weighted by atomic mass is 9.99. The normalized spacial score (nSPS) is 10.8. The molecule has 4 heterocycles. The Balaban J connectivity index is 1.76. The maximum Gasteiger partial charge on any atom is 0.259 e. The zero-order valence-corrected chi connectivity index (χ0v) is 16.2. The van der Waals surface area contributed by atoms with Gasteiger partial charge >= 0.3 is 0 Å². The van der Waals surface area contributed by atoms with Gasteiger partial charge in [0.1, 0.15) is 5.75 Å². The maximum absolute atomic E-state index is 13.0. The summed E-state index contributed by atoms with van der Waals surface area (Å²) in [6.07, 6.45) is 6.35. The molecule has 0 bridgehead atoms. The number of hydrogen-bond acceptors (Lipinski definition) is 8. The molecule has 0 fully saturated rings. The van der Waals surface area contributed by atoms with E-state index in [4.69, 9.17) is 4.74 Å². The number of carbonyl (C=O) groups is 1. The number of aryl methyl sites for hydroxylation is 2. The molecule has 0 radical (unpaired) electrons. The number of fused-ring (bicyclic) bond motifs is 1. The first-order chi connectivity index (χ1) is 13.5. The third-order valence-electron chi connectivity index (χ3n) is 4.07. The van der Waals surface area contributed by atoms with E-state index < -0.39 is 0 Å². The van der Waals surface area contributed by atoms with Crippen LogP contribution in [0.1, 0.15) is 21.7 Å². The van der Waals surface area contributed by atoms with Gasteiger partial charge in [-0.15, -0.1) is 0 Å². The van der Waals surface area contributed by atoms with Crippen LogP contribution in [0.25, 0.3) is 21.6 Å². The second kappa shape index (κ2) is 7.28. The number of aromatic nitrogens is 5. The summed E-state index contributed by atoms with van der Waals surface area (Å²) in [4.78, 5) is 34.9. The van der Waals surface area contributed by atoms with E-state index in [1.165, 1.54) is 11.3 Å². The highest BCUT2D eigenvalue weighted by atomic mass is 32.1. The smallest absolute Gasteiger partial charge is 0.259 e.